The molecule has 0 aromatic heterocycles. The predicted octanol–water partition coefficient (Wildman–Crippen LogP) is 2.35. The monoisotopic (exact) mass is 254 g/mol. The summed E-state index contributed by atoms with van der Waals surface area (Å²) in [5.74, 6) is 0. The summed E-state index contributed by atoms with van der Waals surface area (Å²) in [6, 6.07) is 7.03. The Morgan fingerprint density at radius 2 is 2.29 bits per heavy atom. The smallest absolute Gasteiger partial charge is 0.0429 e. The summed E-state index contributed by atoms with van der Waals surface area (Å²) in [5, 5.41) is 3.53. The highest BCUT2D eigenvalue weighted by molar-refractivity contribution is 9.10. The van der Waals surface area contributed by atoms with Gasteiger partial charge in [0.25, 0.3) is 0 Å². The minimum absolute atomic E-state index is 0.564. The van der Waals surface area contributed by atoms with Crippen molar-refractivity contribution in [2.24, 2.45) is 0 Å². The highest BCUT2D eigenvalue weighted by atomic mass is 79.9. The summed E-state index contributed by atoms with van der Waals surface area (Å²) >= 11 is 3.49. The van der Waals surface area contributed by atoms with Gasteiger partial charge in [-0.2, -0.15) is 0 Å². The first kappa shape index (κ1) is 9.99. The lowest BCUT2D eigenvalue weighted by Gasteiger charge is -2.16. The average molecular weight is 255 g/mol. The van der Waals surface area contributed by atoms with Crippen LogP contribution in [-0.4, -0.2) is 31.6 Å². The van der Waals surface area contributed by atoms with Crippen LogP contribution >= 0.6 is 15.9 Å². The molecule has 1 N–H and O–H groups in total. The number of halogens is 1. The molecular weight excluding hydrogens is 240 g/mol. The van der Waals surface area contributed by atoms with Crippen molar-refractivity contribution in [3.8, 4) is 0 Å². The summed E-state index contributed by atoms with van der Waals surface area (Å²) in [6.45, 7) is 1.09. The predicted molar refractivity (Wildman–Crippen MR) is 63.8 cm³/mol. The standard InChI is InChI=1S/C11H15BrN2/c1-14(2)7-10-5-8-3-4-9(12)6-11(8)13-10/h3-4,6,10,13H,5,7H2,1-2H3. The number of nitrogens with zero attached hydrogens (tertiary/aromatic N) is 1. The highest BCUT2D eigenvalue weighted by Gasteiger charge is 2.20. The number of hydrogen-bond acceptors (Lipinski definition) is 2. The van der Waals surface area contributed by atoms with Crippen LogP contribution in [0.1, 0.15) is 5.56 Å². The molecule has 14 heavy (non-hydrogen) atoms. The lowest BCUT2D eigenvalue weighted by Crippen LogP contribution is -2.30. The van der Waals surface area contributed by atoms with E-state index in [1.165, 1.54) is 11.3 Å². The van der Waals surface area contributed by atoms with Crippen molar-refractivity contribution >= 4 is 21.6 Å². The zero-order chi connectivity index (χ0) is 10.1. The Morgan fingerprint density at radius 3 is 3.00 bits per heavy atom. The molecule has 0 amide bonds. The Morgan fingerprint density at radius 1 is 1.50 bits per heavy atom. The molecule has 1 aliphatic rings. The second kappa shape index (κ2) is 3.91. The van der Waals surface area contributed by atoms with Crippen molar-refractivity contribution < 1.29 is 0 Å². The SMILES string of the molecule is CN(C)CC1Cc2ccc(Br)cc2N1. The van der Waals surface area contributed by atoms with Crippen molar-refractivity contribution in [2.45, 2.75) is 12.5 Å². The van der Waals surface area contributed by atoms with Crippen LogP contribution in [0, 0.1) is 0 Å². The van der Waals surface area contributed by atoms with E-state index in [-0.39, 0.29) is 0 Å². The van der Waals surface area contributed by atoms with Crippen molar-refractivity contribution in [1.82, 2.24) is 4.90 Å². The largest absolute Gasteiger partial charge is 0.380 e. The molecule has 0 saturated heterocycles. The van der Waals surface area contributed by atoms with E-state index in [9.17, 15) is 0 Å². The summed E-state index contributed by atoms with van der Waals surface area (Å²) in [4.78, 5) is 2.22. The van der Waals surface area contributed by atoms with E-state index in [1.54, 1.807) is 0 Å². The highest BCUT2D eigenvalue weighted by Crippen LogP contribution is 2.28. The minimum Gasteiger partial charge on any atom is -0.380 e. The van der Waals surface area contributed by atoms with E-state index in [2.05, 4.69) is 58.4 Å². The second-order valence-electron chi connectivity index (χ2n) is 4.11. The fourth-order valence-corrected chi connectivity index (χ4v) is 2.31. The third kappa shape index (κ3) is 2.10. The lowest BCUT2D eigenvalue weighted by atomic mass is 10.1. The summed E-state index contributed by atoms with van der Waals surface area (Å²) < 4.78 is 1.15. The molecule has 0 saturated carbocycles. The first-order valence-corrected chi connectivity index (χ1v) is 5.64. The molecule has 0 spiro atoms. The Labute approximate surface area is 93.4 Å². The van der Waals surface area contributed by atoms with Gasteiger partial charge < -0.3 is 10.2 Å². The van der Waals surface area contributed by atoms with E-state index in [0.29, 0.717) is 6.04 Å². The third-order valence-corrected chi connectivity index (χ3v) is 2.98. The molecule has 0 fully saturated rings. The molecule has 1 aliphatic heterocycles. The number of anilines is 1. The Hall–Kier alpha value is -0.540. The Bertz CT molecular complexity index is 336. The maximum Gasteiger partial charge on any atom is 0.0429 e. The van der Waals surface area contributed by atoms with E-state index in [1.807, 2.05) is 0 Å². The van der Waals surface area contributed by atoms with Crippen molar-refractivity contribution in [3.05, 3.63) is 28.2 Å². The van der Waals surface area contributed by atoms with E-state index in [0.717, 1.165) is 17.4 Å². The van der Waals surface area contributed by atoms with Gasteiger partial charge in [0.15, 0.2) is 0 Å². The fraction of sp³-hybridized carbons (Fsp3) is 0.455. The molecule has 0 aliphatic carbocycles. The van der Waals surface area contributed by atoms with E-state index >= 15 is 0 Å². The van der Waals surface area contributed by atoms with Crippen LogP contribution in [-0.2, 0) is 6.42 Å². The average Bonchev–Trinajstić information content (AvgIpc) is 2.44. The van der Waals surface area contributed by atoms with Crippen molar-refractivity contribution in [2.75, 3.05) is 26.0 Å². The van der Waals surface area contributed by atoms with Crippen LogP contribution in [0.15, 0.2) is 22.7 Å². The van der Waals surface area contributed by atoms with Gasteiger partial charge >= 0.3 is 0 Å². The molecule has 1 atom stereocenters. The Kier molecular flexibility index (Phi) is 2.79. The minimum atomic E-state index is 0.564. The summed E-state index contributed by atoms with van der Waals surface area (Å²) in [6.07, 6.45) is 1.14. The van der Waals surface area contributed by atoms with Crippen molar-refractivity contribution in [3.63, 3.8) is 0 Å². The van der Waals surface area contributed by atoms with Gasteiger partial charge in [-0.05, 0) is 38.2 Å². The number of fused-ring (bicyclic) bond motifs is 1. The zero-order valence-corrected chi connectivity index (χ0v) is 10.1. The quantitative estimate of drug-likeness (QED) is 0.872. The van der Waals surface area contributed by atoms with Gasteiger partial charge in [-0.15, -0.1) is 0 Å². The maximum absolute atomic E-state index is 3.53. The topological polar surface area (TPSA) is 15.3 Å². The molecule has 1 aromatic rings. The summed E-state index contributed by atoms with van der Waals surface area (Å²) in [5.41, 5.74) is 2.71. The first-order chi connectivity index (χ1) is 6.65. The van der Waals surface area contributed by atoms with Crippen molar-refractivity contribution in [1.29, 1.82) is 0 Å². The van der Waals surface area contributed by atoms with Gasteiger partial charge in [-0.3, -0.25) is 0 Å². The molecule has 1 aromatic carbocycles. The molecular formula is C11H15BrN2. The molecule has 0 bridgehead atoms. The number of likely N-dealkylation sites (N-methyl/N-ethyl adjacent to an activating group) is 1. The molecule has 2 nitrogen and oxygen atoms in total. The van der Waals surface area contributed by atoms with Gasteiger partial charge in [-0.25, -0.2) is 0 Å². The van der Waals surface area contributed by atoms with Gasteiger partial charge in [0.2, 0.25) is 0 Å². The van der Waals surface area contributed by atoms with E-state index in [4.69, 9.17) is 0 Å². The first-order valence-electron chi connectivity index (χ1n) is 4.85. The number of benzene rings is 1. The van der Waals surface area contributed by atoms with Gasteiger partial charge in [0, 0.05) is 22.7 Å². The maximum atomic E-state index is 3.53. The second-order valence-corrected chi connectivity index (χ2v) is 5.02. The lowest BCUT2D eigenvalue weighted by molar-refractivity contribution is 0.386. The fourth-order valence-electron chi connectivity index (χ4n) is 1.95. The molecule has 76 valence electrons. The normalized spacial score (nSPS) is 19.6. The zero-order valence-electron chi connectivity index (χ0n) is 8.55. The van der Waals surface area contributed by atoms with Crippen LogP contribution < -0.4 is 5.32 Å². The van der Waals surface area contributed by atoms with Gasteiger partial charge in [-0.1, -0.05) is 22.0 Å². The number of hydrogen-bond donors (Lipinski definition) is 1. The van der Waals surface area contributed by atoms with Gasteiger partial charge in [0.1, 0.15) is 0 Å². The third-order valence-electron chi connectivity index (χ3n) is 2.48. The van der Waals surface area contributed by atoms with Crippen LogP contribution in [0.3, 0.4) is 0 Å². The van der Waals surface area contributed by atoms with Crippen LogP contribution in [0.2, 0.25) is 0 Å². The molecule has 0 radical (unpaired) electrons. The number of nitrogens with one attached hydrogen (secondary N) is 1. The van der Waals surface area contributed by atoms with Crippen LogP contribution in [0.25, 0.3) is 0 Å². The van der Waals surface area contributed by atoms with Crippen LogP contribution in [0.5, 0.6) is 0 Å². The molecule has 1 unspecified atom stereocenters. The summed E-state index contributed by atoms with van der Waals surface area (Å²) in [7, 11) is 4.22. The Balaban J connectivity index is 2.10. The molecule has 3 heteroatoms. The van der Waals surface area contributed by atoms with Crippen LogP contribution in [0.4, 0.5) is 5.69 Å². The molecule has 1 heterocycles. The molecule has 2 rings (SSSR count). The van der Waals surface area contributed by atoms with E-state index < -0.39 is 0 Å². The van der Waals surface area contributed by atoms with Gasteiger partial charge in [0.05, 0.1) is 0 Å². The number of rotatable bonds is 2.